The van der Waals surface area contributed by atoms with Gasteiger partial charge in [0, 0.05) is 0 Å². The van der Waals surface area contributed by atoms with Crippen molar-refractivity contribution in [2.45, 2.75) is 0 Å². The van der Waals surface area contributed by atoms with Gasteiger partial charge in [-0.2, -0.15) is 0 Å². The second-order valence-electron chi connectivity index (χ2n) is 8.91. The van der Waals surface area contributed by atoms with Crippen LogP contribution < -0.4 is 31.8 Å². The number of benzene rings is 6. The number of rotatable bonds is 6. The Bertz CT molecular complexity index is 1280. The molecule has 6 aromatic carbocycles. The molecule has 0 fully saturated rings. The third kappa shape index (κ3) is 9.77. The highest BCUT2D eigenvalue weighted by molar-refractivity contribution is 7.80. The molecule has 0 heterocycles. The van der Waals surface area contributed by atoms with Gasteiger partial charge in [-0.05, 0) is 70.9 Å². The van der Waals surface area contributed by atoms with Gasteiger partial charge >= 0.3 is 4.70 Å². The van der Waals surface area contributed by atoms with E-state index in [0.717, 1.165) is 0 Å². The smallest absolute Gasteiger partial charge is 0.262 e. The van der Waals surface area contributed by atoms with Gasteiger partial charge in [-0.3, -0.25) is 4.79 Å². The quantitative estimate of drug-likeness (QED) is 0.134. The van der Waals surface area contributed by atoms with Crippen molar-refractivity contribution in [3.63, 3.8) is 0 Å². The van der Waals surface area contributed by atoms with E-state index >= 15 is 0 Å². The van der Waals surface area contributed by atoms with Crippen molar-refractivity contribution in [1.29, 1.82) is 0 Å². The fourth-order valence-corrected chi connectivity index (χ4v) is 8.97. The van der Waals surface area contributed by atoms with Crippen LogP contribution in [-0.2, 0) is 0 Å². The molecule has 0 aliphatic heterocycles. The van der Waals surface area contributed by atoms with E-state index in [1.165, 1.54) is 31.8 Å². The van der Waals surface area contributed by atoms with Crippen LogP contribution in [0.1, 0.15) is 0 Å². The third-order valence-corrected chi connectivity index (χ3v) is 11.0. The van der Waals surface area contributed by atoms with Crippen molar-refractivity contribution >= 4 is 75.6 Å². The van der Waals surface area contributed by atoms with Gasteiger partial charge in [0.2, 0.25) is 0 Å². The normalized spacial score (nSPS) is 10.2. The van der Waals surface area contributed by atoms with E-state index in [1.54, 1.807) is 0 Å². The summed E-state index contributed by atoms with van der Waals surface area (Å²) < 4.78 is -0.889. The first-order valence-electron chi connectivity index (χ1n) is 13.4. The predicted molar refractivity (Wildman–Crippen MR) is 187 cm³/mol. The minimum Gasteiger partial charge on any atom is -0.262 e. The van der Waals surface area contributed by atoms with Gasteiger partial charge < -0.3 is 0 Å². The molecule has 0 bridgehead atoms. The zero-order valence-corrected chi connectivity index (χ0v) is 26.2. The van der Waals surface area contributed by atoms with Crippen molar-refractivity contribution in [2.24, 2.45) is 0 Å². The lowest BCUT2D eigenvalue weighted by molar-refractivity contribution is 0.275. The Labute approximate surface area is 261 Å². The minimum atomic E-state index is -0.889. The first-order chi connectivity index (χ1) is 20.6. The summed E-state index contributed by atoms with van der Waals surface area (Å²) in [6.07, 6.45) is 0. The maximum atomic E-state index is 8.98. The zero-order chi connectivity index (χ0) is 29.4. The van der Waals surface area contributed by atoms with Crippen LogP contribution in [0, 0.1) is 0 Å². The van der Waals surface area contributed by atoms with Crippen molar-refractivity contribution in [2.75, 3.05) is 0 Å². The maximum absolute atomic E-state index is 8.98. The summed E-state index contributed by atoms with van der Waals surface area (Å²) in [5.41, 5.74) is 0. The van der Waals surface area contributed by atoms with E-state index in [0.29, 0.717) is 0 Å². The molecule has 6 rings (SSSR count). The van der Waals surface area contributed by atoms with Crippen molar-refractivity contribution in [3.8, 4) is 0 Å². The highest BCUT2D eigenvalue weighted by atomic mass is 35.5. The summed E-state index contributed by atoms with van der Waals surface area (Å²) in [6.45, 7) is 0. The van der Waals surface area contributed by atoms with Gasteiger partial charge in [-0.15, -0.1) is 0 Å². The highest BCUT2D eigenvalue weighted by Gasteiger charge is 2.16. The predicted octanol–water partition coefficient (Wildman–Crippen LogP) is 8.47. The lowest BCUT2D eigenvalue weighted by Crippen LogP contribution is -2.20. The molecule has 6 aromatic rings. The summed E-state index contributed by atoms with van der Waals surface area (Å²) in [7, 11) is -0.892. The average molecular weight is 624 g/mol. The number of hydrogen-bond acceptors (Lipinski definition) is 1. The Morgan fingerprint density at radius 1 is 0.310 bits per heavy atom. The fourth-order valence-electron chi connectivity index (χ4n) is 4.36. The van der Waals surface area contributed by atoms with Crippen LogP contribution in [0.2, 0.25) is 0 Å². The molecule has 1 nitrogen and oxygen atoms in total. The van der Waals surface area contributed by atoms with Crippen LogP contribution in [0.25, 0.3) is 0 Å². The van der Waals surface area contributed by atoms with E-state index in [1.807, 2.05) is 0 Å². The molecular weight excluding hydrogens is 593 g/mol. The molecule has 0 radical (unpaired) electrons. The molecule has 208 valence electrons. The topological polar surface area (TPSA) is 17.1 Å². The molecule has 0 atom stereocenters. The van der Waals surface area contributed by atoms with E-state index in [9.17, 15) is 0 Å². The van der Waals surface area contributed by atoms with Gasteiger partial charge in [0.05, 0.1) is 0 Å². The van der Waals surface area contributed by atoms with Gasteiger partial charge in [0.15, 0.2) is 0 Å². The molecule has 0 unspecified atom stereocenters. The molecule has 0 aromatic heterocycles. The maximum Gasteiger partial charge on any atom is 0.313 e. The largest absolute Gasteiger partial charge is 0.313 e. The van der Waals surface area contributed by atoms with Gasteiger partial charge in [-0.1, -0.05) is 182 Å². The van der Waals surface area contributed by atoms with Crippen LogP contribution in [0.15, 0.2) is 182 Å². The first kappa shape index (κ1) is 31.4. The Morgan fingerprint density at radius 3 is 0.548 bits per heavy atom. The van der Waals surface area contributed by atoms with Gasteiger partial charge in [0.1, 0.15) is 0 Å². The van der Waals surface area contributed by atoms with Gasteiger partial charge in [-0.25, -0.2) is 0 Å². The van der Waals surface area contributed by atoms with E-state index in [2.05, 4.69) is 205 Å². The monoisotopic (exact) mass is 622 g/mol. The molecule has 0 aliphatic carbocycles. The molecule has 0 N–H and O–H groups in total. The summed E-state index contributed by atoms with van der Waals surface area (Å²) in [5, 5.41) is 8.39. The summed E-state index contributed by atoms with van der Waals surface area (Å²) in [4.78, 5) is 8.98. The molecule has 0 amide bonds. The van der Waals surface area contributed by atoms with Crippen molar-refractivity contribution in [1.82, 2.24) is 0 Å². The molecule has 0 saturated carbocycles. The SMILES string of the molecule is O=C(Cl)Cl.c1ccc(P(c2ccccc2)c2ccccc2)cc1.c1ccc(P(c2ccccc2)c2ccccc2)cc1. The van der Waals surface area contributed by atoms with E-state index in [4.69, 9.17) is 4.79 Å². The highest BCUT2D eigenvalue weighted by Crippen LogP contribution is 2.33. The molecule has 0 spiro atoms. The fraction of sp³-hybridized carbons (Fsp3) is 0. The third-order valence-electron chi connectivity index (χ3n) is 6.09. The number of carbonyl (C=O) groups excluding carboxylic acids is 1. The Hall–Kier alpha value is -3.57. The summed E-state index contributed by atoms with van der Waals surface area (Å²) in [6, 6.07) is 64.7. The van der Waals surface area contributed by atoms with Crippen molar-refractivity contribution in [3.05, 3.63) is 182 Å². The van der Waals surface area contributed by atoms with Crippen LogP contribution in [0.4, 0.5) is 4.79 Å². The standard InChI is InChI=1S/2C18H15P.CCl2O/c2*1-4-10-16(11-5-1)19(17-12-6-2-7-13-17)18-14-8-3-9-15-18;2-1(3)4/h2*1-15H;. The number of halogens is 2. The molecule has 5 heteroatoms. The molecule has 42 heavy (non-hydrogen) atoms. The summed E-state index contributed by atoms with van der Waals surface area (Å²) >= 11 is 8.80. The Balaban J connectivity index is 0.000000171. The molecule has 0 saturated heterocycles. The lowest BCUT2D eigenvalue weighted by atomic mass is 10.4. The lowest BCUT2D eigenvalue weighted by Gasteiger charge is -2.18. The number of hydrogen-bond donors (Lipinski definition) is 0. The number of carbonyl (C=O) groups is 1. The minimum absolute atomic E-state index is 0.446. The zero-order valence-electron chi connectivity index (χ0n) is 22.9. The second kappa shape index (κ2) is 17.4. The molecular formula is C37H30Cl2OP2. The van der Waals surface area contributed by atoms with Crippen LogP contribution in [-0.4, -0.2) is 4.70 Å². The van der Waals surface area contributed by atoms with Crippen LogP contribution >= 0.6 is 39.0 Å². The van der Waals surface area contributed by atoms with E-state index < -0.39 is 20.5 Å². The van der Waals surface area contributed by atoms with Crippen molar-refractivity contribution < 1.29 is 4.79 Å². The average Bonchev–Trinajstić information content (AvgIpc) is 3.05. The first-order valence-corrected chi connectivity index (χ1v) is 16.8. The Morgan fingerprint density at radius 2 is 0.429 bits per heavy atom. The Kier molecular flexibility index (Phi) is 13.0. The second-order valence-corrected chi connectivity index (χ2v) is 14.2. The molecule has 0 aliphatic rings. The summed E-state index contributed by atoms with van der Waals surface area (Å²) in [5.74, 6) is 0. The van der Waals surface area contributed by atoms with Gasteiger partial charge in [0.25, 0.3) is 0 Å². The van der Waals surface area contributed by atoms with Crippen LogP contribution in [0.3, 0.4) is 0 Å². The van der Waals surface area contributed by atoms with Crippen LogP contribution in [0.5, 0.6) is 0 Å². The van der Waals surface area contributed by atoms with E-state index in [-0.39, 0.29) is 0 Å².